The maximum Gasteiger partial charge on any atom is 0.252 e. The molecule has 0 saturated carbocycles. The first kappa shape index (κ1) is 42.7. The van der Waals surface area contributed by atoms with E-state index in [0.717, 1.165) is 45.2 Å². The molecule has 0 aliphatic heterocycles. The van der Waals surface area contributed by atoms with Gasteiger partial charge in [-0.05, 0) is 80.1 Å². The Bertz CT molecular complexity index is 943. The van der Waals surface area contributed by atoms with E-state index in [9.17, 15) is 30.0 Å². The fraction of sp³-hybridized carbons (Fsp3) is 0.875. The van der Waals surface area contributed by atoms with Crippen molar-refractivity contribution >= 4 is 23.5 Å². The Morgan fingerprint density at radius 1 is 0.600 bits per heavy atom. The standard InChI is InChI=1S/C32H65N7O6/c1-29(2,3)37-20-19-35-21(33)15-13-11-12-14-16-22(34)38-32(9,10)31(7,8)17-18-36-27(44)25(42)23(40)24(41)26(43)28(45)39-30(4,5)6/h23-26,37,40-43H,11-20H2,1-10H3,(H2,33,35)(H2,34,38)(H,36,44)(H,39,45)/t23-,24+,25+,26-/m0/s1. The lowest BCUT2D eigenvalue weighted by atomic mass is 9.72. The van der Waals surface area contributed by atoms with Crippen LogP contribution in [-0.4, -0.2) is 105 Å². The zero-order chi connectivity index (χ0) is 35.2. The molecular formula is C32H65N7O6. The highest BCUT2D eigenvalue weighted by Gasteiger charge is 2.39. The summed E-state index contributed by atoms with van der Waals surface area (Å²) in [4.78, 5) is 24.5. The lowest BCUT2D eigenvalue weighted by Gasteiger charge is -2.43. The Hall–Kier alpha value is -2.32. The number of amidine groups is 2. The molecule has 264 valence electrons. The van der Waals surface area contributed by atoms with Crippen LogP contribution in [-0.2, 0) is 9.59 Å². The van der Waals surface area contributed by atoms with Gasteiger partial charge in [0, 0.05) is 49.1 Å². The molecule has 0 heterocycles. The number of hydrogen-bond donors (Lipinski definition) is 11. The van der Waals surface area contributed by atoms with Crippen LogP contribution < -0.4 is 26.6 Å². The Kier molecular flexibility index (Phi) is 17.8. The van der Waals surface area contributed by atoms with E-state index in [4.69, 9.17) is 10.8 Å². The summed E-state index contributed by atoms with van der Waals surface area (Å²) in [5.74, 6) is -0.890. The number of amides is 2. The second kappa shape index (κ2) is 18.7. The highest BCUT2D eigenvalue weighted by atomic mass is 16.4. The van der Waals surface area contributed by atoms with Gasteiger partial charge < -0.3 is 47.0 Å². The summed E-state index contributed by atoms with van der Waals surface area (Å²) < 4.78 is 0. The molecule has 4 atom stereocenters. The lowest BCUT2D eigenvalue weighted by Crippen LogP contribution is -2.57. The molecule has 13 nitrogen and oxygen atoms in total. The van der Waals surface area contributed by atoms with Gasteiger partial charge in [0.1, 0.15) is 12.2 Å². The Morgan fingerprint density at radius 3 is 1.58 bits per heavy atom. The Labute approximate surface area is 271 Å². The molecule has 11 N–H and O–H groups in total. The summed E-state index contributed by atoms with van der Waals surface area (Å²) in [6.45, 7) is 21.0. The summed E-state index contributed by atoms with van der Waals surface area (Å²) >= 11 is 0. The van der Waals surface area contributed by atoms with Crippen molar-refractivity contribution in [2.75, 3.05) is 19.6 Å². The predicted molar refractivity (Wildman–Crippen MR) is 179 cm³/mol. The largest absolute Gasteiger partial charge is 0.387 e. The van der Waals surface area contributed by atoms with Crippen molar-refractivity contribution in [3.8, 4) is 0 Å². The number of unbranched alkanes of at least 4 members (excludes halogenated alkanes) is 3. The highest BCUT2D eigenvalue weighted by molar-refractivity contribution is 5.83. The van der Waals surface area contributed by atoms with Crippen molar-refractivity contribution in [2.24, 2.45) is 5.41 Å². The van der Waals surface area contributed by atoms with E-state index in [-0.39, 0.29) is 12.1 Å². The second-order valence-electron chi connectivity index (χ2n) is 15.3. The maximum atomic E-state index is 12.5. The van der Waals surface area contributed by atoms with Gasteiger partial charge in [-0.15, -0.1) is 0 Å². The van der Waals surface area contributed by atoms with E-state index in [1.807, 2.05) is 27.7 Å². The first-order chi connectivity index (χ1) is 20.4. The van der Waals surface area contributed by atoms with Crippen LogP contribution in [0, 0.1) is 16.2 Å². The van der Waals surface area contributed by atoms with Gasteiger partial charge >= 0.3 is 0 Å². The fourth-order valence-corrected chi connectivity index (χ4v) is 4.35. The number of carbonyl (C=O) groups is 2. The summed E-state index contributed by atoms with van der Waals surface area (Å²) in [6, 6.07) is 0. The number of aliphatic hydroxyl groups excluding tert-OH is 4. The zero-order valence-corrected chi connectivity index (χ0v) is 29.5. The quantitative estimate of drug-likeness (QED) is 0.0525. The smallest absolute Gasteiger partial charge is 0.252 e. The van der Waals surface area contributed by atoms with E-state index in [1.54, 1.807) is 20.8 Å². The molecule has 2 amide bonds. The first-order valence-corrected chi connectivity index (χ1v) is 16.1. The van der Waals surface area contributed by atoms with Crippen LogP contribution in [0.1, 0.15) is 114 Å². The second-order valence-corrected chi connectivity index (χ2v) is 15.3. The topological polar surface area (TPSA) is 223 Å². The summed E-state index contributed by atoms with van der Waals surface area (Å²) in [5, 5.41) is 72.0. The van der Waals surface area contributed by atoms with Crippen molar-refractivity contribution < 1.29 is 30.0 Å². The third kappa shape index (κ3) is 17.8. The molecular weight excluding hydrogens is 578 g/mol. The predicted octanol–water partition coefficient (Wildman–Crippen LogP) is 1.52. The molecule has 0 fully saturated rings. The van der Waals surface area contributed by atoms with E-state index < -0.39 is 52.7 Å². The minimum absolute atomic E-state index is 0.0677. The lowest BCUT2D eigenvalue weighted by molar-refractivity contribution is -0.156. The average Bonchev–Trinajstić information content (AvgIpc) is 2.89. The van der Waals surface area contributed by atoms with Crippen molar-refractivity contribution in [2.45, 2.75) is 155 Å². The Balaban J connectivity index is 4.50. The SMILES string of the molecule is CC(C)(C)NCCNC(=N)CCCCCCC(=N)NC(C)(C)C(C)(C)CCNC(=O)[C@H](O)[C@@H](O)[C@@H](O)[C@H](O)C(=O)NC(C)(C)C. The van der Waals surface area contributed by atoms with Gasteiger partial charge in [0.05, 0.1) is 11.7 Å². The van der Waals surface area contributed by atoms with Crippen LogP contribution in [0.15, 0.2) is 0 Å². The number of nitrogens with one attached hydrogen (secondary N) is 7. The van der Waals surface area contributed by atoms with Crippen molar-refractivity contribution in [1.29, 1.82) is 10.8 Å². The third-order valence-electron chi connectivity index (χ3n) is 7.96. The van der Waals surface area contributed by atoms with Crippen LogP contribution in [0.3, 0.4) is 0 Å². The van der Waals surface area contributed by atoms with Gasteiger partial charge in [-0.1, -0.05) is 26.7 Å². The van der Waals surface area contributed by atoms with Gasteiger partial charge in [-0.3, -0.25) is 20.4 Å². The fourth-order valence-electron chi connectivity index (χ4n) is 4.35. The molecule has 0 rings (SSSR count). The van der Waals surface area contributed by atoms with Gasteiger partial charge in [0.2, 0.25) is 0 Å². The molecule has 13 heteroatoms. The molecule has 0 aromatic carbocycles. The summed E-state index contributed by atoms with van der Waals surface area (Å²) in [5.41, 5.74) is -1.53. The molecule has 0 unspecified atom stereocenters. The Morgan fingerprint density at radius 2 is 1.09 bits per heavy atom. The van der Waals surface area contributed by atoms with E-state index in [1.165, 1.54) is 0 Å². The van der Waals surface area contributed by atoms with Crippen LogP contribution in [0.2, 0.25) is 0 Å². The van der Waals surface area contributed by atoms with Crippen LogP contribution >= 0.6 is 0 Å². The van der Waals surface area contributed by atoms with Gasteiger partial charge in [0.15, 0.2) is 12.2 Å². The minimum Gasteiger partial charge on any atom is -0.387 e. The van der Waals surface area contributed by atoms with E-state index in [0.29, 0.717) is 24.5 Å². The normalized spacial score (nSPS) is 15.4. The first-order valence-electron chi connectivity index (χ1n) is 16.1. The number of aliphatic hydroxyl groups is 4. The summed E-state index contributed by atoms with van der Waals surface area (Å²) in [6.07, 6.45) is -2.69. The number of rotatable bonds is 20. The van der Waals surface area contributed by atoms with Crippen LogP contribution in [0.4, 0.5) is 0 Å². The van der Waals surface area contributed by atoms with Gasteiger partial charge in [-0.25, -0.2) is 0 Å². The molecule has 0 aromatic heterocycles. The van der Waals surface area contributed by atoms with E-state index >= 15 is 0 Å². The molecule has 0 saturated heterocycles. The molecule has 0 radical (unpaired) electrons. The molecule has 0 aromatic rings. The molecule has 0 bridgehead atoms. The molecule has 0 aliphatic carbocycles. The number of carbonyl (C=O) groups excluding carboxylic acids is 2. The van der Waals surface area contributed by atoms with Crippen molar-refractivity contribution in [1.82, 2.24) is 26.6 Å². The highest BCUT2D eigenvalue weighted by Crippen LogP contribution is 2.34. The molecule has 0 aliphatic rings. The zero-order valence-electron chi connectivity index (χ0n) is 29.5. The number of hydrogen-bond acceptors (Lipinski definition) is 9. The maximum absolute atomic E-state index is 12.5. The minimum atomic E-state index is -2.08. The third-order valence-corrected chi connectivity index (χ3v) is 7.96. The van der Waals surface area contributed by atoms with Crippen LogP contribution in [0.5, 0.6) is 0 Å². The molecule has 45 heavy (non-hydrogen) atoms. The van der Waals surface area contributed by atoms with Gasteiger partial charge in [-0.2, -0.15) is 0 Å². The van der Waals surface area contributed by atoms with Crippen molar-refractivity contribution in [3.63, 3.8) is 0 Å². The average molecular weight is 644 g/mol. The molecule has 0 spiro atoms. The van der Waals surface area contributed by atoms with E-state index in [2.05, 4.69) is 47.4 Å². The summed E-state index contributed by atoms with van der Waals surface area (Å²) in [7, 11) is 0. The van der Waals surface area contributed by atoms with Crippen molar-refractivity contribution in [3.05, 3.63) is 0 Å². The van der Waals surface area contributed by atoms with Crippen LogP contribution in [0.25, 0.3) is 0 Å². The monoisotopic (exact) mass is 643 g/mol. The van der Waals surface area contributed by atoms with Gasteiger partial charge in [0.25, 0.3) is 11.8 Å².